The molecule has 0 aliphatic carbocycles. The normalized spacial score (nSPS) is 19.8. The van der Waals surface area contributed by atoms with E-state index in [0.29, 0.717) is 0 Å². The Morgan fingerprint density at radius 1 is 1.29 bits per heavy atom. The fourth-order valence-electron chi connectivity index (χ4n) is 3.18. The standard InChI is InChI=1S/C17H24N4/c1-18-12-16-4-2-10-20(14-16)13-15-5-7-17(8-6-15)21-11-3-9-19-21/h3,5-9,11,16,18H,2,4,10,12-14H2,1H3. The second kappa shape index (κ2) is 6.87. The third kappa shape index (κ3) is 3.71. The molecule has 4 heteroatoms. The fraction of sp³-hybridized carbons (Fsp3) is 0.471. The van der Waals surface area contributed by atoms with Gasteiger partial charge in [0.25, 0.3) is 0 Å². The Hall–Kier alpha value is -1.65. The van der Waals surface area contributed by atoms with Crippen LogP contribution in [0, 0.1) is 5.92 Å². The van der Waals surface area contributed by atoms with Gasteiger partial charge >= 0.3 is 0 Å². The van der Waals surface area contributed by atoms with Crippen LogP contribution in [0.15, 0.2) is 42.7 Å². The summed E-state index contributed by atoms with van der Waals surface area (Å²) in [6, 6.07) is 10.7. The van der Waals surface area contributed by atoms with Crippen molar-refractivity contribution < 1.29 is 0 Å². The second-order valence-electron chi connectivity index (χ2n) is 5.92. The lowest BCUT2D eigenvalue weighted by Crippen LogP contribution is -2.38. The Kier molecular flexibility index (Phi) is 4.68. The Labute approximate surface area is 126 Å². The molecule has 1 aromatic heterocycles. The van der Waals surface area contributed by atoms with E-state index in [1.165, 1.54) is 31.5 Å². The van der Waals surface area contributed by atoms with Gasteiger partial charge in [-0.25, -0.2) is 4.68 Å². The van der Waals surface area contributed by atoms with Gasteiger partial charge in [0.1, 0.15) is 0 Å². The van der Waals surface area contributed by atoms with Gasteiger partial charge in [0.15, 0.2) is 0 Å². The predicted octanol–water partition coefficient (Wildman–Crippen LogP) is 2.30. The van der Waals surface area contributed by atoms with E-state index in [0.717, 1.165) is 24.7 Å². The van der Waals surface area contributed by atoms with Crippen LogP contribution in [0.4, 0.5) is 0 Å². The number of aromatic nitrogens is 2. The van der Waals surface area contributed by atoms with Crippen LogP contribution in [-0.4, -0.2) is 41.4 Å². The van der Waals surface area contributed by atoms with Gasteiger partial charge in [0.05, 0.1) is 5.69 Å². The molecule has 1 aliphatic heterocycles. The average molecular weight is 284 g/mol. The molecule has 1 aliphatic rings. The summed E-state index contributed by atoms with van der Waals surface area (Å²) in [4.78, 5) is 2.58. The third-order valence-electron chi connectivity index (χ3n) is 4.21. The minimum Gasteiger partial charge on any atom is -0.319 e. The summed E-state index contributed by atoms with van der Waals surface area (Å²) < 4.78 is 1.90. The smallest absolute Gasteiger partial charge is 0.0645 e. The number of hydrogen-bond donors (Lipinski definition) is 1. The van der Waals surface area contributed by atoms with Gasteiger partial charge in [0.2, 0.25) is 0 Å². The van der Waals surface area contributed by atoms with E-state index in [1.54, 1.807) is 0 Å². The Morgan fingerprint density at radius 2 is 2.14 bits per heavy atom. The molecule has 21 heavy (non-hydrogen) atoms. The van der Waals surface area contributed by atoms with E-state index in [1.807, 2.05) is 30.2 Å². The van der Waals surface area contributed by atoms with Crippen molar-refractivity contribution in [2.45, 2.75) is 19.4 Å². The number of benzene rings is 1. The highest BCUT2D eigenvalue weighted by Gasteiger charge is 2.19. The van der Waals surface area contributed by atoms with Gasteiger partial charge in [-0.15, -0.1) is 0 Å². The minimum absolute atomic E-state index is 0.798. The highest BCUT2D eigenvalue weighted by Crippen LogP contribution is 2.18. The fourth-order valence-corrected chi connectivity index (χ4v) is 3.18. The molecular formula is C17H24N4. The highest BCUT2D eigenvalue weighted by atomic mass is 15.3. The van der Waals surface area contributed by atoms with E-state index in [2.05, 4.69) is 39.6 Å². The third-order valence-corrected chi connectivity index (χ3v) is 4.21. The molecule has 2 aromatic rings. The van der Waals surface area contributed by atoms with Crippen LogP contribution in [0.5, 0.6) is 0 Å². The first kappa shape index (κ1) is 14.3. The number of nitrogens with zero attached hydrogens (tertiary/aromatic N) is 3. The molecule has 3 rings (SSSR count). The van der Waals surface area contributed by atoms with E-state index in [-0.39, 0.29) is 0 Å². The van der Waals surface area contributed by atoms with Crippen molar-refractivity contribution in [3.63, 3.8) is 0 Å². The average Bonchev–Trinajstić information content (AvgIpc) is 3.03. The topological polar surface area (TPSA) is 33.1 Å². The van der Waals surface area contributed by atoms with E-state index < -0.39 is 0 Å². The molecule has 0 spiro atoms. The zero-order valence-electron chi connectivity index (χ0n) is 12.7. The van der Waals surface area contributed by atoms with Crippen LogP contribution in [0.2, 0.25) is 0 Å². The molecule has 0 radical (unpaired) electrons. The maximum absolute atomic E-state index is 4.26. The summed E-state index contributed by atoms with van der Waals surface area (Å²) in [5.41, 5.74) is 2.51. The van der Waals surface area contributed by atoms with Gasteiger partial charge in [-0.2, -0.15) is 5.10 Å². The first-order valence-corrected chi connectivity index (χ1v) is 7.81. The molecule has 0 bridgehead atoms. The molecule has 1 fully saturated rings. The largest absolute Gasteiger partial charge is 0.319 e. The van der Waals surface area contributed by atoms with Crippen molar-refractivity contribution in [3.8, 4) is 5.69 Å². The molecule has 0 amide bonds. The summed E-state index contributed by atoms with van der Waals surface area (Å²) >= 11 is 0. The lowest BCUT2D eigenvalue weighted by Gasteiger charge is -2.32. The maximum Gasteiger partial charge on any atom is 0.0645 e. The number of nitrogens with one attached hydrogen (secondary N) is 1. The maximum atomic E-state index is 4.26. The first-order valence-electron chi connectivity index (χ1n) is 7.81. The van der Waals surface area contributed by atoms with Crippen LogP contribution >= 0.6 is 0 Å². The Morgan fingerprint density at radius 3 is 2.86 bits per heavy atom. The van der Waals surface area contributed by atoms with Crippen molar-refractivity contribution >= 4 is 0 Å². The lowest BCUT2D eigenvalue weighted by molar-refractivity contribution is 0.167. The second-order valence-corrected chi connectivity index (χ2v) is 5.92. The van der Waals surface area contributed by atoms with Crippen molar-refractivity contribution in [1.82, 2.24) is 20.0 Å². The van der Waals surface area contributed by atoms with Gasteiger partial charge in [0, 0.05) is 25.5 Å². The van der Waals surface area contributed by atoms with E-state index >= 15 is 0 Å². The van der Waals surface area contributed by atoms with Gasteiger partial charge < -0.3 is 5.32 Å². The molecule has 112 valence electrons. The number of likely N-dealkylation sites (tertiary alicyclic amines) is 1. The molecule has 2 heterocycles. The van der Waals surface area contributed by atoms with Gasteiger partial charge in [-0.1, -0.05) is 12.1 Å². The Bertz CT molecular complexity index is 530. The summed E-state index contributed by atoms with van der Waals surface area (Å²) in [6.07, 6.45) is 6.46. The summed E-state index contributed by atoms with van der Waals surface area (Å²) in [5.74, 6) is 0.798. The molecule has 1 atom stereocenters. The lowest BCUT2D eigenvalue weighted by atomic mass is 9.97. The molecule has 1 N–H and O–H groups in total. The van der Waals surface area contributed by atoms with Crippen LogP contribution in [0.3, 0.4) is 0 Å². The van der Waals surface area contributed by atoms with Crippen LogP contribution in [-0.2, 0) is 6.54 Å². The SMILES string of the molecule is CNCC1CCCN(Cc2ccc(-n3cccn3)cc2)C1. The molecular weight excluding hydrogens is 260 g/mol. The summed E-state index contributed by atoms with van der Waals surface area (Å²) in [6.45, 7) is 4.62. The van der Waals surface area contributed by atoms with Crippen molar-refractivity contribution in [2.75, 3.05) is 26.7 Å². The zero-order valence-corrected chi connectivity index (χ0v) is 12.7. The number of piperidine rings is 1. The zero-order chi connectivity index (χ0) is 14.5. The van der Waals surface area contributed by atoms with Crippen LogP contribution in [0.1, 0.15) is 18.4 Å². The molecule has 0 saturated carbocycles. The van der Waals surface area contributed by atoms with Crippen LogP contribution in [0.25, 0.3) is 5.69 Å². The number of rotatable bonds is 5. The first-order chi connectivity index (χ1) is 10.3. The quantitative estimate of drug-likeness (QED) is 0.914. The van der Waals surface area contributed by atoms with E-state index in [9.17, 15) is 0 Å². The van der Waals surface area contributed by atoms with E-state index in [4.69, 9.17) is 0 Å². The molecule has 1 unspecified atom stereocenters. The van der Waals surface area contributed by atoms with Crippen molar-refractivity contribution in [3.05, 3.63) is 48.3 Å². The summed E-state index contributed by atoms with van der Waals surface area (Å²) in [5, 5.41) is 7.57. The van der Waals surface area contributed by atoms with Crippen molar-refractivity contribution in [1.29, 1.82) is 0 Å². The van der Waals surface area contributed by atoms with Gasteiger partial charge in [-0.3, -0.25) is 4.90 Å². The molecule has 1 saturated heterocycles. The molecule has 4 nitrogen and oxygen atoms in total. The molecule has 1 aromatic carbocycles. The Balaban J connectivity index is 1.60. The monoisotopic (exact) mass is 284 g/mol. The highest BCUT2D eigenvalue weighted by molar-refractivity contribution is 5.33. The predicted molar refractivity (Wildman–Crippen MR) is 85.5 cm³/mol. The summed E-state index contributed by atoms with van der Waals surface area (Å²) in [7, 11) is 2.05. The van der Waals surface area contributed by atoms with Gasteiger partial charge in [-0.05, 0) is 62.7 Å². The van der Waals surface area contributed by atoms with Crippen molar-refractivity contribution in [2.24, 2.45) is 5.92 Å². The number of hydrogen-bond acceptors (Lipinski definition) is 3. The minimum atomic E-state index is 0.798. The van der Waals surface area contributed by atoms with Crippen LogP contribution < -0.4 is 5.32 Å².